The summed E-state index contributed by atoms with van der Waals surface area (Å²) in [6.07, 6.45) is 4.13. The van der Waals surface area contributed by atoms with Crippen LogP contribution in [0.25, 0.3) is 0 Å². The minimum absolute atomic E-state index is 0.504. The third kappa shape index (κ3) is 3.03. The summed E-state index contributed by atoms with van der Waals surface area (Å²) in [5.74, 6) is 1.81. The van der Waals surface area contributed by atoms with E-state index in [2.05, 4.69) is 37.9 Å². The lowest BCUT2D eigenvalue weighted by Gasteiger charge is -2.42. The highest BCUT2D eigenvalue weighted by Crippen LogP contribution is 2.35. The van der Waals surface area contributed by atoms with Crippen molar-refractivity contribution in [3.63, 3.8) is 0 Å². The Morgan fingerprint density at radius 1 is 1.12 bits per heavy atom. The Hall–Kier alpha value is -0.0800. The fraction of sp³-hybridized carbons (Fsp3) is 1.00. The Balaban J connectivity index is 1.86. The summed E-state index contributed by atoms with van der Waals surface area (Å²) in [5.41, 5.74) is 0.504. The fourth-order valence-electron chi connectivity index (χ4n) is 3.66. The molecule has 2 fully saturated rings. The Morgan fingerprint density at radius 3 is 2.29 bits per heavy atom. The second kappa shape index (κ2) is 5.27. The van der Waals surface area contributed by atoms with E-state index >= 15 is 0 Å². The molecule has 17 heavy (non-hydrogen) atoms. The predicted octanol–water partition coefficient (Wildman–Crippen LogP) is 2.74. The van der Waals surface area contributed by atoms with Crippen molar-refractivity contribution in [2.75, 3.05) is 26.2 Å². The van der Waals surface area contributed by atoms with Gasteiger partial charge in [0.2, 0.25) is 0 Å². The molecule has 2 heteroatoms. The number of nitrogens with one attached hydrogen (secondary N) is 1. The molecule has 0 radical (unpaired) electrons. The quantitative estimate of drug-likeness (QED) is 0.796. The molecule has 0 amide bonds. The lowest BCUT2D eigenvalue weighted by molar-refractivity contribution is 0.0735. The second-order valence-corrected chi connectivity index (χ2v) is 7.07. The topological polar surface area (TPSA) is 15.3 Å². The fourth-order valence-corrected chi connectivity index (χ4v) is 3.66. The van der Waals surface area contributed by atoms with Gasteiger partial charge in [0, 0.05) is 12.6 Å². The average molecular weight is 238 g/mol. The normalized spacial score (nSPS) is 33.2. The summed E-state index contributed by atoms with van der Waals surface area (Å²) in [6.45, 7) is 14.7. The van der Waals surface area contributed by atoms with E-state index < -0.39 is 0 Å². The number of rotatable bonds is 2. The van der Waals surface area contributed by atoms with E-state index in [-0.39, 0.29) is 0 Å². The molecule has 2 rings (SSSR count). The van der Waals surface area contributed by atoms with E-state index in [0.717, 1.165) is 17.9 Å². The molecule has 2 saturated heterocycles. The Kier molecular flexibility index (Phi) is 4.14. The number of piperidine rings is 1. The first kappa shape index (κ1) is 13.4. The van der Waals surface area contributed by atoms with Crippen LogP contribution in [-0.4, -0.2) is 37.1 Å². The second-order valence-electron chi connectivity index (χ2n) is 7.07. The van der Waals surface area contributed by atoms with Crippen LogP contribution in [0, 0.1) is 17.3 Å². The molecule has 2 aliphatic heterocycles. The molecular weight excluding hydrogens is 208 g/mol. The summed E-state index contributed by atoms with van der Waals surface area (Å²) >= 11 is 0. The zero-order valence-electron chi connectivity index (χ0n) is 12.1. The first-order valence-corrected chi connectivity index (χ1v) is 7.47. The molecule has 0 aromatic rings. The van der Waals surface area contributed by atoms with Crippen LogP contribution in [-0.2, 0) is 0 Å². The Bertz CT molecular complexity index is 236. The van der Waals surface area contributed by atoms with Crippen molar-refractivity contribution >= 4 is 0 Å². The first-order valence-electron chi connectivity index (χ1n) is 7.47. The zero-order valence-corrected chi connectivity index (χ0v) is 12.1. The number of hydrogen-bond acceptors (Lipinski definition) is 2. The summed E-state index contributed by atoms with van der Waals surface area (Å²) in [6, 6.07) is 0.820. The summed E-state index contributed by atoms with van der Waals surface area (Å²) < 4.78 is 0. The van der Waals surface area contributed by atoms with Gasteiger partial charge in [-0.15, -0.1) is 0 Å². The van der Waals surface area contributed by atoms with Crippen LogP contribution in [0.4, 0.5) is 0 Å². The number of hydrogen-bond donors (Lipinski definition) is 1. The highest BCUT2D eigenvalue weighted by atomic mass is 15.2. The van der Waals surface area contributed by atoms with Gasteiger partial charge in [0.1, 0.15) is 0 Å². The van der Waals surface area contributed by atoms with Crippen LogP contribution in [0.1, 0.15) is 47.0 Å². The standard InChI is InChI=1S/C15H30N2/c1-5-12-10-16-11-14(12)17-8-6-13(7-9-17)15(2,3)4/h12-14,16H,5-11H2,1-4H3. The van der Waals surface area contributed by atoms with Crippen molar-refractivity contribution in [2.24, 2.45) is 17.3 Å². The molecule has 0 spiro atoms. The third-order valence-corrected chi connectivity index (χ3v) is 5.05. The summed E-state index contributed by atoms with van der Waals surface area (Å²) in [7, 11) is 0. The zero-order chi connectivity index (χ0) is 12.5. The van der Waals surface area contributed by atoms with Crippen molar-refractivity contribution in [1.29, 1.82) is 0 Å². The van der Waals surface area contributed by atoms with Gasteiger partial charge in [0.25, 0.3) is 0 Å². The molecule has 1 N–H and O–H groups in total. The molecule has 0 bridgehead atoms. The van der Waals surface area contributed by atoms with E-state index in [9.17, 15) is 0 Å². The van der Waals surface area contributed by atoms with E-state index in [1.807, 2.05) is 0 Å². The SMILES string of the molecule is CCC1CNCC1N1CCC(C(C)(C)C)CC1. The maximum absolute atomic E-state index is 3.57. The molecule has 2 aliphatic rings. The first-order chi connectivity index (χ1) is 8.02. The van der Waals surface area contributed by atoms with E-state index in [0.29, 0.717) is 5.41 Å². The molecule has 0 saturated carbocycles. The molecule has 0 aromatic carbocycles. The number of likely N-dealkylation sites (tertiary alicyclic amines) is 1. The molecule has 2 unspecified atom stereocenters. The Labute approximate surface area is 107 Å². The van der Waals surface area contributed by atoms with Crippen molar-refractivity contribution in [3.05, 3.63) is 0 Å². The van der Waals surface area contributed by atoms with Gasteiger partial charge in [0.05, 0.1) is 0 Å². The molecule has 0 aromatic heterocycles. The third-order valence-electron chi connectivity index (χ3n) is 5.05. The maximum Gasteiger partial charge on any atom is 0.0260 e. The minimum Gasteiger partial charge on any atom is -0.315 e. The lowest BCUT2D eigenvalue weighted by Crippen LogP contribution is -2.46. The summed E-state index contributed by atoms with van der Waals surface area (Å²) in [5, 5.41) is 3.57. The van der Waals surface area contributed by atoms with Gasteiger partial charge in [-0.25, -0.2) is 0 Å². The average Bonchev–Trinajstić information content (AvgIpc) is 2.76. The van der Waals surface area contributed by atoms with Crippen molar-refractivity contribution in [1.82, 2.24) is 10.2 Å². The van der Waals surface area contributed by atoms with Gasteiger partial charge >= 0.3 is 0 Å². The highest BCUT2D eigenvalue weighted by molar-refractivity contribution is 4.91. The van der Waals surface area contributed by atoms with Crippen LogP contribution < -0.4 is 5.32 Å². The lowest BCUT2D eigenvalue weighted by atomic mass is 9.75. The minimum atomic E-state index is 0.504. The molecule has 2 atom stereocenters. The van der Waals surface area contributed by atoms with Crippen LogP contribution in [0.15, 0.2) is 0 Å². The van der Waals surface area contributed by atoms with E-state index in [4.69, 9.17) is 0 Å². The van der Waals surface area contributed by atoms with E-state index in [1.165, 1.54) is 45.4 Å². The van der Waals surface area contributed by atoms with E-state index in [1.54, 1.807) is 0 Å². The van der Waals surface area contributed by atoms with Crippen molar-refractivity contribution in [2.45, 2.75) is 53.0 Å². The van der Waals surface area contributed by atoms with Gasteiger partial charge in [-0.3, -0.25) is 4.90 Å². The predicted molar refractivity (Wildman–Crippen MR) is 74.2 cm³/mol. The Morgan fingerprint density at radius 2 is 1.76 bits per heavy atom. The summed E-state index contributed by atoms with van der Waals surface area (Å²) in [4.78, 5) is 2.76. The van der Waals surface area contributed by atoms with Crippen LogP contribution in [0.5, 0.6) is 0 Å². The maximum atomic E-state index is 3.57. The van der Waals surface area contributed by atoms with Crippen LogP contribution >= 0.6 is 0 Å². The van der Waals surface area contributed by atoms with Gasteiger partial charge < -0.3 is 5.32 Å². The van der Waals surface area contributed by atoms with Crippen LogP contribution in [0.3, 0.4) is 0 Å². The van der Waals surface area contributed by atoms with Gasteiger partial charge in [-0.2, -0.15) is 0 Å². The van der Waals surface area contributed by atoms with Crippen molar-refractivity contribution < 1.29 is 0 Å². The number of nitrogens with zero attached hydrogens (tertiary/aromatic N) is 1. The van der Waals surface area contributed by atoms with Crippen LogP contribution in [0.2, 0.25) is 0 Å². The molecule has 100 valence electrons. The van der Waals surface area contributed by atoms with Crippen molar-refractivity contribution in [3.8, 4) is 0 Å². The smallest absolute Gasteiger partial charge is 0.0260 e. The van der Waals surface area contributed by atoms with Gasteiger partial charge in [-0.05, 0) is 49.7 Å². The molecule has 0 aliphatic carbocycles. The largest absolute Gasteiger partial charge is 0.315 e. The van der Waals surface area contributed by atoms with Gasteiger partial charge in [-0.1, -0.05) is 34.1 Å². The molecular formula is C15H30N2. The van der Waals surface area contributed by atoms with Gasteiger partial charge in [0.15, 0.2) is 0 Å². The molecule has 2 nitrogen and oxygen atoms in total. The monoisotopic (exact) mass is 238 g/mol. The highest BCUT2D eigenvalue weighted by Gasteiger charge is 2.35. The molecule has 2 heterocycles.